The number of hydrogen-bond acceptors (Lipinski definition) is 2. The molecule has 0 saturated heterocycles. The van der Waals surface area contributed by atoms with E-state index in [9.17, 15) is 4.32 Å². The van der Waals surface area contributed by atoms with E-state index in [2.05, 4.69) is 0 Å². The van der Waals surface area contributed by atoms with Gasteiger partial charge in [0.15, 0.2) is 0 Å². The zero-order valence-corrected chi connectivity index (χ0v) is 6.09. The molecular weight excluding hydrogens is 124 g/mol. The van der Waals surface area contributed by atoms with Crippen LogP contribution in [0.25, 0.3) is 0 Å². The van der Waals surface area contributed by atoms with E-state index in [0.717, 1.165) is 0 Å². The van der Waals surface area contributed by atoms with Gasteiger partial charge in [-0.25, -0.2) is 0 Å². The van der Waals surface area contributed by atoms with Gasteiger partial charge in [0.1, 0.15) is 0 Å². The maximum absolute atomic E-state index is 10.1. The molecule has 0 aliphatic heterocycles. The number of halogens is 1. The van der Waals surface area contributed by atoms with Crippen LogP contribution in [0.1, 0.15) is 0 Å². The third-order valence-electron chi connectivity index (χ3n) is 0. The molecule has 0 spiro atoms. The Balaban J connectivity index is -0.0000000450. The van der Waals surface area contributed by atoms with Crippen molar-refractivity contribution < 1.29 is 14.4 Å². The fraction of sp³-hybridized carbons (Fsp3) is 0. The highest BCUT2D eigenvalue weighted by Gasteiger charge is 1.97. The third-order valence-corrected chi connectivity index (χ3v) is 0. The largest absolute Gasteiger partial charge is 0.674 e. The van der Waals surface area contributed by atoms with Gasteiger partial charge in [0.2, 0.25) is 0 Å². The molecule has 2 unspecified atom stereocenters. The quantitative estimate of drug-likeness (QED) is 0.329. The number of hydrogen-bond donors (Lipinski definition) is 2. The number of rotatable bonds is 0. The fourth-order valence-corrected chi connectivity index (χ4v) is 0. The van der Waals surface area contributed by atoms with Crippen LogP contribution in [0.3, 0.4) is 0 Å². The molecule has 0 aromatic heterocycles. The molecule has 0 bridgehead atoms. The van der Waals surface area contributed by atoms with Gasteiger partial charge in [-0.1, -0.05) is 0 Å². The monoisotopic (exact) mass is 132 g/mol. The lowest BCUT2D eigenvalue weighted by molar-refractivity contribution is 0.340. The van der Waals surface area contributed by atoms with Crippen molar-refractivity contribution in [2.45, 2.75) is 0 Å². The molecule has 0 aliphatic carbocycles. The van der Waals surface area contributed by atoms with Gasteiger partial charge in [-0.2, -0.15) is 19.8 Å². The van der Waals surface area contributed by atoms with Gasteiger partial charge >= 0.3 is 7.40 Å². The second-order valence-electron chi connectivity index (χ2n) is 0.311. The van der Waals surface area contributed by atoms with Gasteiger partial charge in [0.25, 0.3) is 0 Å². The highest BCUT2D eigenvalue weighted by molar-refractivity contribution is 6.92. The first-order valence-electron chi connectivity index (χ1n) is 0.735. The van der Waals surface area contributed by atoms with E-state index < -0.39 is 7.40 Å². The summed E-state index contributed by atoms with van der Waals surface area (Å²) >= 11 is 0. The maximum atomic E-state index is 10.1. The minimum absolute atomic E-state index is 0. The van der Waals surface area contributed by atoms with Crippen LogP contribution >= 0.6 is 19.8 Å². The lowest BCUT2D eigenvalue weighted by atomic mass is 10.3. The minimum atomic E-state index is -2.67. The maximum Gasteiger partial charge on any atom is 0.674 e. The van der Waals surface area contributed by atoms with E-state index in [4.69, 9.17) is 10.0 Å². The van der Waals surface area contributed by atoms with Crippen molar-refractivity contribution >= 4 is 27.2 Å². The van der Waals surface area contributed by atoms with E-state index in [1.807, 2.05) is 0 Å². The summed E-state index contributed by atoms with van der Waals surface area (Å²) in [5.41, 5.74) is 0. The second kappa shape index (κ2) is 9.24. The predicted molar refractivity (Wildman–Crippen MR) is 33.5 cm³/mol. The summed E-state index contributed by atoms with van der Waals surface area (Å²) in [7, 11) is -2.67. The smallest absolute Gasteiger partial charge is 0.398 e. The van der Waals surface area contributed by atoms with Crippen LogP contribution < -0.4 is 0 Å². The van der Waals surface area contributed by atoms with Gasteiger partial charge in [-0.15, -0.1) is 0 Å². The molecule has 0 saturated carbocycles. The Kier molecular flexibility index (Phi) is 24.4. The highest BCUT2D eigenvalue weighted by atomic mass is 31.0. The van der Waals surface area contributed by atoms with Crippen molar-refractivity contribution in [3.05, 3.63) is 0 Å². The summed E-state index contributed by atoms with van der Waals surface area (Å²) in [5.74, 6) is 0. The first-order valence-corrected chi connectivity index (χ1v) is 0.735. The average molecular weight is 132 g/mol. The van der Waals surface area contributed by atoms with Crippen molar-refractivity contribution in [3.63, 3.8) is 0 Å². The summed E-state index contributed by atoms with van der Waals surface area (Å²) in [6.07, 6.45) is 0. The van der Waals surface area contributed by atoms with E-state index in [1.54, 1.807) is 0 Å². The molecule has 0 aliphatic rings. The van der Waals surface area contributed by atoms with E-state index in [-0.39, 0.29) is 19.8 Å². The Labute approximate surface area is 42.6 Å². The summed E-state index contributed by atoms with van der Waals surface area (Å²) in [6.45, 7) is 0. The summed E-state index contributed by atoms with van der Waals surface area (Å²) < 4.78 is 10.1. The molecule has 0 aromatic carbocycles. The van der Waals surface area contributed by atoms with Crippen LogP contribution in [0.2, 0.25) is 0 Å². The van der Waals surface area contributed by atoms with Crippen LogP contribution in [-0.2, 0) is 0 Å². The Morgan fingerprint density at radius 1 is 1.17 bits per heavy atom. The molecule has 2 nitrogen and oxygen atoms in total. The van der Waals surface area contributed by atoms with E-state index >= 15 is 0 Å². The Bertz CT molecular complexity index is 16.3. The van der Waals surface area contributed by atoms with Gasteiger partial charge in [0.05, 0.1) is 0 Å². The second-order valence-corrected chi connectivity index (χ2v) is 0.311. The molecule has 2 atom stereocenters. The van der Waals surface area contributed by atoms with Crippen molar-refractivity contribution in [1.82, 2.24) is 0 Å². The fourth-order valence-electron chi connectivity index (χ4n) is 0. The normalized spacial score (nSPS) is 4.50. The third kappa shape index (κ3) is 113. The molecule has 0 rings (SSSR count). The first-order chi connectivity index (χ1) is 1.73. The molecule has 6 heavy (non-hydrogen) atoms. The molecule has 2 N–H and O–H groups in total. The van der Waals surface area contributed by atoms with E-state index in [0.29, 0.717) is 0 Å². The summed E-state index contributed by atoms with van der Waals surface area (Å²) in [6, 6.07) is 0. The topological polar surface area (TPSA) is 40.5 Å². The van der Waals surface area contributed by atoms with Crippen LogP contribution in [0.5, 0.6) is 0 Å². The lowest BCUT2D eigenvalue weighted by Gasteiger charge is -1.65. The SMILES string of the molecule is OB(O)F.P.P. The standard InChI is InChI=1S/BFH2O2.2H3P/c2-1(3)4;;/h3-4H;2*1H3. The van der Waals surface area contributed by atoms with Crippen LogP contribution in [0.4, 0.5) is 4.32 Å². The molecule has 0 heterocycles. The Hall–Kier alpha value is 0.775. The van der Waals surface area contributed by atoms with Crippen molar-refractivity contribution in [2.75, 3.05) is 0 Å². The Morgan fingerprint density at radius 2 is 1.17 bits per heavy atom. The lowest BCUT2D eigenvalue weighted by Crippen LogP contribution is -1.98. The van der Waals surface area contributed by atoms with Gasteiger partial charge in [-0.3, -0.25) is 4.32 Å². The van der Waals surface area contributed by atoms with Gasteiger partial charge < -0.3 is 10.0 Å². The van der Waals surface area contributed by atoms with Crippen LogP contribution in [-0.4, -0.2) is 17.4 Å². The average Bonchev–Trinajstić information content (AvgIpc) is 0.811. The Morgan fingerprint density at radius 3 is 1.17 bits per heavy atom. The van der Waals surface area contributed by atoms with Crippen LogP contribution in [0.15, 0.2) is 0 Å². The molecule has 0 fully saturated rings. The molecule has 0 radical (unpaired) electrons. The zero-order valence-electron chi connectivity index (χ0n) is 3.26. The summed E-state index contributed by atoms with van der Waals surface area (Å²) in [5, 5.41) is 13.9. The molecule has 0 amide bonds. The predicted octanol–water partition coefficient (Wildman–Crippen LogP) is -0.958. The molecule has 6 heteroatoms. The van der Waals surface area contributed by atoms with Crippen LogP contribution in [0, 0.1) is 0 Å². The molecular formula is H8BFO2P2. The van der Waals surface area contributed by atoms with Gasteiger partial charge in [0, 0.05) is 0 Å². The van der Waals surface area contributed by atoms with Crippen molar-refractivity contribution in [2.24, 2.45) is 0 Å². The minimum Gasteiger partial charge on any atom is -0.398 e. The molecule has 0 aromatic rings. The zero-order chi connectivity index (χ0) is 3.58. The molecule has 40 valence electrons. The van der Waals surface area contributed by atoms with Crippen molar-refractivity contribution in [1.29, 1.82) is 0 Å². The summed E-state index contributed by atoms with van der Waals surface area (Å²) in [4.78, 5) is 0. The highest BCUT2D eigenvalue weighted by Crippen LogP contribution is 1.57. The van der Waals surface area contributed by atoms with Gasteiger partial charge in [-0.05, 0) is 0 Å². The van der Waals surface area contributed by atoms with E-state index in [1.165, 1.54) is 0 Å². The van der Waals surface area contributed by atoms with Crippen molar-refractivity contribution in [3.8, 4) is 0 Å². The first kappa shape index (κ1) is 15.9.